The molecule has 3 rings (SSSR count). The molecule has 0 amide bonds. The number of aliphatic imine (C=N–C) groups is 1. The molecule has 1 N–H and O–H groups in total. The fourth-order valence-corrected chi connectivity index (χ4v) is 2.85. The lowest BCUT2D eigenvalue weighted by atomic mass is 10.1. The largest absolute Gasteiger partial charge is 0.370 e. The van der Waals surface area contributed by atoms with Crippen molar-refractivity contribution in [3.05, 3.63) is 29.8 Å². The maximum absolute atomic E-state index is 4.60. The molecular formula is C14H19N3. The Labute approximate surface area is 103 Å². The van der Waals surface area contributed by atoms with Crippen LogP contribution in [-0.4, -0.2) is 31.5 Å². The Hall–Kier alpha value is -1.51. The summed E-state index contributed by atoms with van der Waals surface area (Å²) in [5.74, 6) is 1.19. The van der Waals surface area contributed by atoms with Crippen molar-refractivity contribution in [2.24, 2.45) is 4.99 Å². The summed E-state index contributed by atoms with van der Waals surface area (Å²) >= 11 is 0. The summed E-state index contributed by atoms with van der Waals surface area (Å²) in [7, 11) is 0. The lowest BCUT2D eigenvalue weighted by molar-refractivity contribution is 0.722. The topological polar surface area (TPSA) is 27.6 Å². The van der Waals surface area contributed by atoms with Gasteiger partial charge in [-0.3, -0.25) is 4.99 Å². The molecule has 17 heavy (non-hydrogen) atoms. The Morgan fingerprint density at radius 1 is 1.41 bits per heavy atom. The van der Waals surface area contributed by atoms with Crippen molar-refractivity contribution < 1.29 is 0 Å². The quantitative estimate of drug-likeness (QED) is 0.856. The van der Waals surface area contributed by atoms with Gasteiger partial charge in [-0.15, -0.1) is 0 Å². The van der Waals surface area contributed by atoms with Gasteiger partial charge in [0.2, 0.25) is 0 Å². The van der Waals surface area contributed by atoms with E-state index in [2.05, 4.69) is 46.4 Å². The zero-order valence-electron chi connectivity index (χ0n) is 10.3. The standard InChI is InChI=1S/C14H19N3/c1-2-9-17-12-6-4-3-5-11(12)10-13(17)14-15-7-8-16-14/h3-6,13H,2,7-10H2,1H3,(H,15,16)/t13-/m0/s1. The Kier molecular flexibility index (Phi) is 2.75. The van der Waals surface area contributed by atoms with E-state index in [1.165, 1.54) is 23.5 Å². The van der Waals surface area contributed by atoms with Crippen molar-refractivity contribution in [1.82, 2.24) is 5.32 Å². The van der Waals surface area contributed by atoms with Crippen LogP contribution in [0, 0.1) is 0 Å². The van der Waals surface area contributed by atoms with Crippen molar-refractivity contribution in [1.29, 1.82) is 0 Å². The predicted octanol–water partition coefficient (Wildman–Crippen LogP) is 1.83. The second kappa shape index (κ2) is 4.40. The molecule has 0 bridgehead atoms. The molecule has 0 unspecified atom stereocenters. The van der Waals surface area contributed by atoms with E-state index in [0.29, 0.717) is 6.04 Å². The average molecular weight is 229 g/mol. The Morgan fingerprint density at radius 3 is 3.06 bits per heavy atom. The van der Waals surface area contributed by atoms with E-state index in [-0.39, 0.29) is 0 Å². The van der Waals surface area contributed by atoms with Gasteiger partial charge < -0.3 is 10.2 Å². The second-order valence-corrected chi connectivity index (χ2v) is 4.74. The first-order valence-corrected chi connectivity index (χ1v) is 6.53. The van der Waals surface area contributed by atoms with Gasteiger partial charge in [0, 0.05) is 25.2 Å². The highest BCUT2D eigenvalue weighted by molar-refractivity contribution is 5.93. The molecule has 90 valence electrons. The lowest BCUT2D eigenvalue weighted by Gasteiger charge is -2.27. The third-order valence-electron chi connectivity index (χ3n) is 3.57. The van der Waals surface area contributed by atoms with Gasteiger partial charge in [0.05, 0.1) is 12.6 Å². The SMILES string of the molecule is CCCN1c2ccccc2C[C@H]1C1=NCCN1. The zero-order valence-corrected chi connectivity index (χ0v) is 10.3. The number of nitrogens with zero attached hydrogens (tertiary/aromatic N) is 2. The second-order valence-electron chi connectivity index (χ2n) is 4.74. The minimum atomic E-state index is 0.440. The van der Waals surface area contributed by atoms with E-state index < -0.39 is 0 Å². The lowest BCUT2D eigenvalue weighted by Crippen LogP contribution is -2.44. The molecule has 1 atom stereocenters. The smallest absolute Gasteiger partial charge is 0.120 e. The molecule has 1 aromatic rings. The number of hydrogen-bond donors (Lipinski definition) is 1. The number of hydrogen-bond acceptors (Lipinski definition) is 3. The monoisotopic (exact) mass is 229 g/mol. The summed E-state index contributed by atoms with van der Waals surface area (Å²) in [6, 6.07) is 9.19. The minimum Gasteiger partial charge on any atom is -0.370 e. The van der Waals surface area contributed by atoms with Gasteiger partial charge in [0.15, 0.2) is 0 Å². The molecule has 0 fully saturated rings. The maximum atomic E-state index is 4.60. The number of anilines is 1. The third-order valence-corrected chi connectivity index (χ3v) is 3.57. The van der Waals surface area contributed by atoms with E-state index >= 15 is 0 Å². The van der Waals surface area contributed by atoms with Crippen LogP contribution in [0.5, 0.6) is 0 Å². The van der Waals surface area contributed by atoms with Crippen LogP contribution in [0.4, 0.5) is 5.69 Å². The fourth-order valence-electron chi connectivity index (χ4n) is 2.85. The van der Waals surface area contributed by atoms with Gasteiger partial charge in [0.25, 0.3) is 0 Å². The van der Waals surface area contributed by atoms with E-state index in [1.807, 2.05) is 0 Å². The van der Waals surface area contributed by atoms with E-state index in [4.69, 9.17) is 0 Å². The molecule has 0 aliphatic carbocycles. The minimum absolute atomic E-state index is 0.440. The number of nitrogens with one attached hydrogen (secondary N) is 1. The van der Waals surface area contributed by atoms with Gasteiger partial charge in [0.1, 0.15) is 5.84 Å². The molecule has 3 heteroatoms. The van der Waals surface area contributed by atoms with Crippen molar-refractivity contribution in [2.75, 3.05) is 24.5 Å². The molecule has 0 saturated carbocycles. The van der Waals surface area contributed by atoms with E-state index in [9.17, 15) is 0 Å². The average Bonchev–Trinajstić information content (AvgIpc) is 2.97. The summed E-state index contributed by atoms with van der Waals surface area (Å²) in [5.41, 5.74) is 2.86. The summed E-state index contributed by atoms with van der Waals surface area (Å²) in [5, 5.41) is 3.43. The molecule has 0 radical (unpaired) electrons. The molecule has 0 aromatic heterocycles. The van der Waals surface area contributed by atoms with Gasteiger partial charge >= 0.3 is 0 Å². The molecule has 2 aliphatic heterocycles. The van der Waals surface area contributed by atoms with Crippen LogP contribution in [0.25, 0.3) is 0 Å². The normalized spacial score (nSPS) is 22.3. The summed E-state index contributed by atoms with van der Waals surface area (Å²) in [6.07, 6.45) is 2.28. The summed E-state index contributed by atoms with van der Waals surface area (Å²) in [6.45, 7) is 5.29. The van der Waals surface area contributed by atoms with Crippen LogP contribution in [0.15, 0.2) is 29.3 Å². The summed E-state index contributed by atoms with van der Waals surface area (Å²) < 4.78 is 0. The zero-order chi connectivity index (χ0) is 11.7. The van der Waals surface area contributed by atoms with Crippen LogP contribution in [-0.2, 0) is 6.42 Å². The Morgan fingerprint density at radius 2 is 2.29 bits per heavy atom. The molecule has 2 aliphatic rings. The third kappa shape index (κ3) is 1.79. The van der Waals surface area contributed by atoms with Crippen LogP contribution in [0.1, 0.15) is 18.9 Å². The molecule has 1 aromatic carbocycles. The number of fused-ring (bicyclic) bond motifs is 1. The summed E-state index contributed by atoms with van der Waals surface area (Å²) in [4.78, 5) is 7.10. The maximum Gasteiger partial charge on any atom is 0.120 e. The van der Waals surface area contributed by atoms with Crippen molar-refractivity contribution in [3.63, 3.8) is 0 Å². The molecule has 0 saturated heterocycles. The predicted molar refractivity (Wildman–Crippen MR) is 71.9 cm³/mol. The van der Waals surface area contributed by atoms with Crippen LogP contribution in [0.3, 0.4) is 0 Å². The number of rotatable bonds is 3. The van der Waals surface area contributed by atoms with Crippen molar-refractivity contribution >= 4 is 11.5 Å². The van der Waals surface area contributed by atoms with Crippen molar-refractivity contribution in [2.45, 2.75) is 25.8 Å². The number of para-hydroxylation sites is 1. The van der Waals surface area contributed by atoms with Crippen LogP contribution >= 0.6 is 0 Å². The Balaban J connectivity index is 1.92. The molecular weight excluding hydrogens is 210 g/mol. The van der Waals surface area contributed by atoms with Crippen molar-refractivity contribution in [3.8, 4) is 0 Å². The fraction of sp³-hybridized carbons (Fsp3) is 0.500. The van der Waals surface area contributed by atoms with Gasteiger partial charge in [-0.2, -0.15) is 0 Å². The Bertz CT molecular complexity index is 439. The highest BCUT2D eigenvalue weighted by Crippen LogP contribution is 2.32. The first-order chi connectivity index (χ1) is 8.40. The van der Waals surface area contributed by atoms with Gasteiger partial charge in [-0.1, -0.05) is 25.1 Å². The molecule has 0 spiro atoms. The van der Waals surface area contributed by atoms with Crippen LogP contribution < -0.4 is 10.2 Å². The van der Waals surface area contributed by atoms with Crippen LogP contribution in [0.2, 0.25) is 0 Å². The van der Waals surface area contributed by atoms with E-state index in [0.717, 1.165) is 26.1 Å². The first-order valence-electron chi connectivity index (χ1n) is 6.53. The van der Waals surface area contributed by atoms with E-state index in [1.54, 1.807) is 0 Å². The number of amidine groups is 1. The van der Waals surface area contributed by atoms with Gasteiger partial charge in [-0.25, -0.2) is 0 Å². The van der Waals surface area contributed by atoms with Gasteiger partial charge in [-0.05, 0) is 18.1 Å². The molecule has 3 nitrogen and oxygen atoms in total. The first kappa shape index (κ1) is 10.6. The molecule has 2 heterocycles. The highest BCUT2D eigenvalue weighted by Gasteiger charge is 2.32. The number of benzene rings is 1. The highest BCUT2D eigenvalue weighted by atomic mass is 15.2.